The van der Waals surface area contributed by atoms with E-state index in [0.717, 1.165) is 12.8 Å². The molecule has 2 aliphatic carbocycles. The molecule has 2 fully saturated rings. The van der Waals surface area contributed by atoms with Crippen LogP contribution in [0.15, 0.2) is 60.7 Å². The van der Waals surface area contributed by atoms with E-state index in [0.29, 0.717) is 18.4 Å². The van der Waals surface area contributed by atoms with Gasteiger partial charge in [0.1, 0.15) is 0 Å². The molecule has 39 heavy (non-hydrogen) atoms. The molecule has 0 amide bonds. The molecular formula is C33H50O4SSi. The largest absolute Gasteiger partial charge is 0.407 e. The first-order valence-electron chi connectivity index (χ1n) is 14.8. The zero-order valence-electron chi connectivity index (χ0n) is 25.4. The molecule has 4 rings (SSSR count). The van der Waals surface area contributed by atoms with Crippen LogP contribution in [0.25, 0.3) is 0 Å². The smallest absolute Gasteiger partial charge is 0.264 e. The van der Waals surface area contributed by atoms with Crippen molar-refractivity contribution in [1.29, 1.82) is 0 Å². The number of hydrogen-bond acceptors (Lipinski definition) is 4. The fourth-order valence-corrected chi connectivity index (χ4v) is 13.8. The van der Waals surface area contributed by atoms with Crippen molar-refractivity contribution in [1.82, 2.24) is 0 Å². The second kappa shape index (κ2) is 11.1. The lowest BCUT2D eigenvalue weighted by Gasteiger charge is -2.60. The van der Waals surface area contributed by atoms with Crippen LogP contribution in [0.5, 0.6) is 0 Å². The molecule has 5 atom stereocenters. The van der Waals surface area contributed by atoms with Crippen molar-refractivity contribution in [2.75, 3.05) is 12.9 Å². The summed E-state index contributed by atoms with van der Waals surface area (Å²) in [5.41, 5.74) is 0.288. The summed E-state index contributed by atoms with van der Waals surface area (Å²) in [7, 11) is -6.17. The van der Waals surface area contributed by atoms with Crippen LogP contribution in [0.2, 0.25) is 5.04 Å². The van der Waals surface area contributed by atoms with E-state index in [1.165, 1.54) is 35.9 Å². The maximum Gasteiger partial charge on any atom is 0.264 e. The minimum Gasteiger partial charge on any atom is -0.407 e. The Morgan fingerprint density at radius 3 is 1.95 bits per heavy atom. The molecular weight excluding hydrogens is 521 g/mol. The average Bonchev–Trinajstić information content (AvgIpc) is 2.84. The Hall–Kier alpha value is -1.47. The molecule has 0 spiro atoms. The normalized spacial score (nSPS) is 29.5. The van der Waals surface area contributed by atoms with E-state index in [1.54, 1.807) is 0 Å². The number of rotatable bonds is 8. The third-order valence-electron chi connectivity index (χ3n) is 10.3. The fourth-order valence-electron chi connectivity index (χ4n) is 8.55. The molecule has 6 heteroatoms. The van der Waals surface area contributed by atoms with E-state index >= 15 is 0 Å². The minimum absolute atomic E-state index is 0.0743. The molecule has 0 N–H and O–H groups in total. The third kappa shape index (κ3) is 5.95. The van der Waals surface area contributed by atoms with Crippen molar-refractivity contribution in [3.05, 3.63) is 60.7 Å². The quantitative estimate of drug-likeness (QED) is 0.259. The lowest BCUT2D eigenvalue weighted by atomic mass is 9.45. The average molecular weight is 571 g/mol. The first-order valence-corrected chi connectivity index (χ1v) is 18.5. The summed E-state index contributed by atoms with van der Waals surface area (Å²) < 4.78 is 37.7. The SMILES string of the molecule is C[C@@H]1[C@@H](OS(C)(=O)=O)C[C@H]2C(C)(C)CCC[C@]2(C)[C@H]1CCO[Si](c1ccccc1)(c1ccccc1)C(C)(C)C. The van der Waals surface area contributed by atoms with Crippen LogP contribution in [0, 0.1) is 28.6 Å². The molecule has 216 valence electrons. The molecule has 2 aliphatic rings. The molecule has 0 heterocycles. The van der Waals surface area contributed by atoms with Gasteiger partial charge >= 0.3 is 0 Å². The van der Waals surface area contributed by atoms with Crippen LogP contribution in [0.4, 0.5) is 0 Å². The fraction of sp³-hybridized carbons (Fsp3) is 0.636. The van der Waals surface area contributed by atoms with Gasteiger partial charge in [0.25, 0.3) is 18.4 Å². The summed E-state index contributed by atoms with van der Waals surface area (Å²) in [5, 5.41) is 2.51. The monoisotopic (exact) mass is 570 g/mol. The molecule has 2 aromatic carbocycles. The topological polar surface area (TPSA) is 52.6 Å². The Morgan fingerprint density at radius 1 is 0.923 bits per heavy atom. The third-order valence-corrected chi connectivity index (χ3v) is 15.9. The van der Waals surface area contributed by atoms with E-state index < -0.39 is 18.4 Å². The summed E-state index contributed by atoms with van der Waals surface area (Å²) in [6, 6.07) is 21.6. The molecule has 2 saturated carbocycles. The highest BCUT2D eigenvalue weighted by molar-refractivity contribution is 7.86. The lowest BCUT2D eigenvalue weighted by molar-refractivity contribution is -0.135. The van der Waals surface area contributed by atoms with Crippen LogP contribution in [0.1, 0.15) is 80.6 Å². The summed E-state index contributed by atoms with van der Waals surface area (Å²) in [5.74, 6) is 0.873. The Labute approximate surface area is 239 Å². The summed E-state index contributed by atoms with van der Waals surface area (Å²) in [4.78, 5) is 0. The van der Waals surface area contributed by atoms with E-state index in [1.807, 2.05) is 0 Å². The molecule has 0 radical (unpaired) electrons. The van der Waals surface area contributed by atoms with Crippen LogP contribution in [0.3, 0.4) is 0 Å². The molecule has 2 aromatic rings. The van der Waals surface area contributed by atoms with E-state index in [-0.39, 0.29) is 27.9 Å². The first-order chi connectivity index (χ1) is 18.1. The maximum absolute atomic E-state index is 12.3. The van der Waals surface area contributed by atoms with Gasteiger partial charge in [-0.2, -0.15) is 8.42 Å². The molecule has 0 unspecified atom stereocenters. The zero-order chi connectivity index (χ0) is 28.7. The van der Waals surface area contributed by atoms with Gasteiger partial charge in [-0.25, -0.2) is 0 Å². The van der Waals surface area contributed by atoms with Crippen molar-refractivity contribution in [2.45, 2.75) is 91.7 Å². The zero-order valence-corrected chi connectivity index (χ0v) is 27.2. The van der Waals surface area contributed by atoms with Gasteiger partial charge < -0.3 is 4.43 Å². The minimum atomic E-state index is -3.53. The predicted molar refractivity (Wildman–Crippen MR) is 164 cm³/mol. The van der Waals surface area contributed by atoms with Crippen LogP contribution in [-0.4, -0.2) is 35.7 Å². The summed E-state index contributed by atoms with van der Waals surface area (Å²) in [6.45, 7) is 17.0. The summed E-state index contributed by atoms with van der Waals surface area (Å²) >= 11 is 0. The number of benzene rings is 2. The second-order valence-electron chi connectivity index (χ2n) is 14.2. The van der Waals surface area contributed by atoms with Crippen molar-refractivity contribution in [2.24, 2.45) is 28.6 Å². The van der Waals surface area contributed by atoms with Gasteiger partial charge in [-0.3, -0.25) is 4.18 Å². The second-order valence-corrected chi connectivity index (χ2v) is 20.1. The molecule has 0 aromatic heterocycles. The number of hydrogen-bond donors (Lipinski definition) is 0. The highest BCUT2D eigenvalue weighted by atomic mass is 32.2. The Balaban J connectivity index is 1.70. The standard InChI is InChI=1S/C33H50O4SSi/c1-25-28(33(7)22-15-21-32(5,6)30(33)24-29(25)37-38(8,34)35)20-23-36-39(31(2,3)4,26-16-11-9-12-17-26)27-18-13-10-14-19-27/h9-14,16-19,25,28-30H,15,20-24H2,1-8H3/t25-,28-,29-,30-,33+/m0/s1. The predicted octanol–water partition coefficient (Wildman–Crippen LogP) is 6.79. The van der Waals surface area contributed by atoms with Gasteiger partial charge in [0.15, 0.2) is 0 Å². The van der Waals surface area contributed by atoms with E-state index in [2.05, 4.69) is 109 Å². The van der Waals surface area contributed by atoms with Crippen LogP contribution < -0.4 is 10.4 Å². The molecule has 0 bridgehead atoms. The van der Waals surface area contributed by atoms with Gasteiger partial charge in [0.05, 0.1) is 12.4 Å². The van der Waals surface area contributed by atoms with Crippen molar-refractivity contribution < 1.29 is 17.0 Å². The van der Waals surface area contributed by atoms with E-state index in [9.17, 15) is 8.42 Å². The highest BCUT2D eigenvalue weighted by Gasteiger charge is 2.57. The first kappa shape index (κ1) is 30.5. The van der Waals surface area contributed by atoms with Crippen LogP contribution >= 0.6 is 0 Å². The van der Waals surface area contributed by atoms with Gasteiger partial charge in [-0.1, -0.05) is 116 Å². The Kier molecular flexibility index (Phi) is 8.65. The highest BCUT2D eigenvalue weighted by Crippen LogP contribution is 2.62. The van der Waals surface area contributed by atoms with Crippen molar-refractivity contribution in [3.8, 4) is 0 Å². The molecule has 4 nitrogen and oxygen atoms in total. The van der Waals surface area contributed by atoms with Crippen LogP contribution in [-0.2, 0) is 18.7 Å². The van der Waals surface area contributed by atoms with Gasteiger partial charge in [-0.05, 0) is 69.7 Å². The summed E-state index contributed by atoms with van der Waals surface area (Å²) in [6.07, 6.45) is 6.20. The van der Waals surface area contributed by atoms with Gasteiger partial charge in [-0.15, -0.1) is 0 Å². The van der Waals surface area contributed by atoms with Crippen molar-refractivity contribution >= 4 is 28.8 Å². The van der Waals surface area contributed by atoms with E-state index in [4.69, 9.17) is 8.61 Å². The molecule has 0 saturated heterocycles. The van der Waals surface area contributed by atoms with Gasteiger partial charge in [0.2, 0.25) is 0 Å². The lowest BCUT2D eigenvalue weighted by Crippen LogP contribution is -2.66. The number of fused-ring (bicyclic) bond motifs is 1. The van der Waals surface area contributed by atoms with Gasteiger partial charge in [0, 0.05) is 6.61 Å². The van der Waals surface area contributed by atoms with Crippen molar-refractivity contribution in [3.63, 3.8) is 0 Å². The Bertz CT molecular complexity index is 1170. The maximum atomic E-state index is 12.3. The molecule has 0 aliphatic heterocycles. The Morgan fingerprint density at radius 2 is 1.46 bits per heavy atom.